The zero-order valence-corrected chi connectivity index (χ0v) is 8.13. The van der Waals surface area contributed by atoms with Crippen molar-refractivity contribution in [2.75, 3.05) is 7.11 Å². The minimum atomic E-state index is -0.626. The summed E-state index contributed by atoms with van der Waals surface area (Å²) >= 11 is 0. The van der Waals surface area contributed by atoms with Crippen molar-refractivity contribution in [2.24, 2.45) is 5.73 Å². The molecule has 0 bridgehead atoms. The van der Waals surface area contributed by atoms with Gasteiger partial charge in [-0.2, -0.15) is 0 Å². The molecule has 0 saturated heterocycles. The molecule has 2 unspecified atom stereocenters. The van der Waals surface area contributed by atoms with E-state index in [0.29, 0.717) is 5.56 Å². The molecule has 0 amide bonds. The standard InChI is InChI=1S/C10H13F2NO/c1-6(14-2)10(13)7-3-8(11)5-9(12)4-7/h3-6,10H,13H2,1-2H3. The Balaban J connectivity index is 2.94. The van der Waals surface area contributed by atoms with Crippen LogP contribution in [-0.2, 0) is 4.74 Å². The van der Waals surface area contributed by atoms with E-state index in [1.165, 1.54) is 19.2 Å². The van der Waals surface area contributed by atoms with E-state index in [1.807, 2.05) is 0 Å². The van der Waals surface area contributed by atoms with Gasteiger partial charge in [0.15, 0.2) is 0 Å². The van der Waals surface area contributed by atoms with E-state index >= 15 is 0 Å². The molecule has 2 N–H and O–H groups in total. The summed E-state index contributed by atoms with van der Waals surface area (Å²) < 4.78 is 30.6. The van der Waals surface area contributed by atoms with Gasteiger partial charge in [-0.3, -0.25) is 0 Å². The van der Waals surface area contributed by atoms with E-state index in [1.54, 1.807) is 6.92 Å². The monoisotopic (exact) mass is 201 g/mol. The zero-order chi connectivity index (χ0) is 10.7. The maximum Gasteiger partial charge on any atom is 0.126 e. The molecule has 78 valence electrons. The van der Waals surface area contributed by atoms with Gasteiger partial charge in [0.05, 0.1) is 12.1 Å². The SMILES string of the molecule is COC(C)C(N)c1cc(F)cc(F)c1. The molecule has 0 aliphatic rings. The molecule has 0 aliphatic heterocycles. The first kappa shape index (κ1) is 11.1. The van der Waals surface area contributed by atoms with Crippen LogP contribution in [0.25, 0.3) is 0 Å². The molecule has 2 nitrogen and oxygen atoms in total. The lowest BCUT2D eigenvalue weighted by molar-refractivity contribution is 0.0955. The smallest absolute Gasteiger partial charge is 0.126 e. The van der Waals surface area contributed by atoms with Crippen LogP contribution in [-0.4, -0.2) is 13.2 Å². The number of nitrogens with two attached hydrogens (primary N) is 1. The molecule has 2 atom stereocenters. The average molecular weight is 201 g/mol. The predicted molar refractivity (Wildman–Crippen MR) is 49.8 cm³/mol. The summed E-state index contributed by atoms with van der Waals surface area (Å²) in [4.78, 5) is 0. The van der Waals surface area contributed by atoms with Crippen LogP contribution in [0.3, 0.4) is 0 Å². The van der Waals surface area contributed by atoms with Crippen molar-refractivity contribution in [3.63, 3.8) is 0 Å². The molecular weight excluding hydrogens is 188 g/mol. The van der Waals surface area contributed by atoms with Crippen LogP contribution in [0.2, 0.25) is 0 Å². The molecule has 1 aromatic carbocycles. The van der Waals surface area contributed by atoms with Crippen LogP contribution in [0.4, 0.5) is 8.78 Å². The fourth-order valence-corrected chi connectivity index (χ4v) is 1.19. The second-order valence-corrected chi connectivity index (χ2v) is 3.17. The summed E-state index contributed by atoms with van der Waals surface area (Å²) in [5.41, 5.74) is 6.13. The second-order valence-electron chi connectivity index (χ2n) is 3.17. The van der Waals surface area contributed by atoms with Gasteiger partial charge >= 0.3 is 0 Å². The van der Waals surface area contributed by atoms with Crippen molar-refractivity contribution in [2.45, 2.75) is 19.1 Å². The van der Waals surface area contributed by atoms with Crippen molar-refractivity contribution >= 4 is 0 Å². The molecule has 0 heterocycles. The Labute approximate surface area is 81.7 Å². The third-order valence-corrected chi connectivity index (χ3v) is 2.15. The normalized spacial score (nSPS) is 15.2. The van der Waals surface area contributed by atoms with Crippen molar-refractivity contribution in [3.8, 4) is 0 Å². The zero-order valence-electron chi connectivity index (χ0n) is 8.13. The van der Waals surface area contributed by atoms with Crippen LogP contribution in [0.15, 0.2) is 18.2 Å². The van der Waals surface area contributed by atoms with E-state index in [-0.39, 0.29) is 6.10 Å². The number of methoxy groups -OCH3 is 1. The Kier molecular flexibility index (Phi) is 3.55. The van der Waals surface area contributed by atoms with Crippen molar-refractivity contribution in [1.29, 1.82) is 0 Å². The van der Waals surface area contributed by atoms with E-state index in [4.69, 9.17) is 10.5 Å². The van der Waals surface area contributed by atoms with E-state index in [2.05, 4.69) is 0 Å². The fourth-order valence-electron chi connectivity index (χ4n) is 1.19. The minimum Gasteiger partial charge on any atom is -0.380 e. The van der Waals surface area contributed by atoms with E-state index in [9.17, 15) is 8.78 Å². The number of rotatable bonds is 3. The van der Waals surface area contributed by atoms with Crippen LogP contribution < -0.4 is 5.73 Å². The third-order valence-electron chi connectivity index (χ3n) is 2.15. The Morgan fingerprint density at radius 2 is 1.71 bits per heavy atom. The van der Waals surface area contributed by atoms with Gasteiger partial charge in [0.2, 0.25) is 0 Å². The summed E-state index contributed by atoms with van der Waals surface area (Å²) in [6.07, 6.45) is -0.281. The second kappa shape index (κ2) is 4.48. The molecule has 0 aromatic heterocycles. The Morgan fingerprint density at radius 3 is 2.14 bits per heavy atom. The lowest BCUT2D eigenvalue weighted by Crippen LogP contribution is -2.25. The summed E-state index contributed by atoms with van der Waals surface area (Å²) in [5.74, 6) is -1.25. The molecule has 1 rings (SSSR count). The predicted octanol–water partition coefficient (Wildman–Crippen LogP) is 2.00. The lowest BCUT2D eigenvalue weighted by Gasteiger charge is -2.18. The van der Waals surface area contributed by atoms with Gasteiger partial charge in [-0.25, -0.2) is 8.78 Å². The molecule has 0 radical (unpaired) electrons. The minimum absolute atomic E-state index is 0.281. The number of halogens is 2. The highest BCUT2D eigenvalue weighted by molar-refractivity contribution is 5.21. The molecule has 1 aromatic rings. The summed E-state index contributed by atoms with van der Waals surface area (Å²) in [7, 11) is 1.50. The Bertz CT molecular complexity index is 297. The quantitative estimate of drug-likeness (QED) is 0.811. The number of benzene rings is 1. The van der Waals surface area contributed by atoms with Gasteiger partial charge in [0, 0.05) is 13.2 Å². The van der Waals surface area contributed by atoms with Crippen molar-refractivity contribution < 1.29 is 13.5 Å². The molecule has 0 spiro atoms. The van der Waals surface area contributed by atoms with Gasteiger partial charge < -0.3 is 10.5 Å². The fraction of sp³-hybridized carbons (Fsp3) is 0.400. The Morgan fingerprint density at radius 1 is 1.21 bits per heavy atom. The number of hydrogen-bond donors (Lipinski definition) is 1. The molecule has 0 fully saturated rings. The third kappa shape index (κ3) is 2.49. The van der Waals surface area contributed by atoms with Gasteiger partial charge in [0.25, 0.3) is 0 Å². The highest BCUT2D eigenvalue weighted by Crippen LogP contribution is 2.18. The van der Waals surface area contributed by atoms with E-state index < -0.39 is 17.7 Å². The number of hydrogen-bond acceptors (Lipinski definition) is 2. The van der Waals surface area contributed by atoms with Crippen LogP contribution in [0, 0.1) is 11.6 Å². The summed E-state index contributed by atoms with van der Waals surface area (Å²) in [6, 6.07) is 2.71. The molecule has 4 heteroatoms. The molecular formula is C10H13F2NO. The van der Waals surface area contributed by atoms with Gasteiger partial charge in [-0.15, -0.1) is 0 Å². The lowest BCUT2D eigenvalue weighted by atomic mass is 10.0. The van der Waals surface area contributed by atoms with Crippen LogP contribution >= 0.6 is 0 Å². The summed E-state index contributed by atoms with van der Waals surface area (Å²) in [6.45, 7) is 1.74. The van der Waals surface area contributed by atoms with Crippen LogP contribution in [0.5, 0.6) is 0 Å². The topological polar surface area (TPSA) is 35.2 Å². The van der Waals surface area contributed by atoms with E-state index in [0.717, 1.165) is 6.07 Å². The van der Waals surface area contributed by atoms with Crippen molar-refractivity contribution in [3.05, 3.63) is 35.4 Å². The maximum atomic E-state index is 12.8. The summed E-state index contributed by atoms with van der Waals surface area (Å²) in [5, 5.41) is 0. The Hall–Kier alpha value is -1.00. The largest absolute Gasteiger partial charge is 0.380 e. The van der Waals surface area contributed by atoms with Gasteiger partial charge in [-0.05, 0) is 24.6 Å². The van der Waals surface area contributed by atoms with Gasteiger partial charge in [-0.1, -0.05) is 0 Å². The first-order chi connectivity index (χ1) is 6.54. The van der Waals surface area contributed by atoms with Crippen LogP contribution in [0.1, 0.15) is 18.5 Å². The molecule has 0 aliphatic carbocycles. The molecule has 0 saturated carbocycles. The highest BCUT2D eigenvalue weighted by atomic mass is 19.1. The first-order valence-corrected chi connectivity index (χ1v) is 4.29. The average Bonchev–Trinajstić information content (AvgIpc) is 2.14. The maximum absolute atomic E-state index is 12.8. The van der Waals surface area contributed by atoms with Gasteiger partial charge in [0.1, 0.15) is 11.6 Å². The first-order valence-electron chi connectivity index (χ1n) is 4.29. The molecule has 14 heavy (non-hydrogen) atoms. The highest BCUT2D eigenvalue weighted by Gasteiger charge is 2.15. The van der Waals surface area contributed by atoms with Crippen molar-refractivity contribution in [1.82, 2.24) is 0 Å². The number of ether oxygens (including phenoxy) is 1.